The summed E-state index contributed by atoms with van der Waals surface area (Å²) < 4.78 is 11.2. The van der Waals surface area contributed by atoms with Gasteiger partial charge in [0.15, 0.2) is 11.9 Å². The highest BCUT2D eigenvalue weighted by atomic mass is 32.1. The summed E-state index contributed by atoms with van der Waals surface area (Å²) in [7, 11) is 0. The quantitative estimate of drug-likeness (QED) is 0.739. The summed E-state index contributed by atoms with van der Waals surface area (Å²) in [4.78, 5) is 41.9. The van der Waals surface area contributed by atoms with Crippen molar-refractivity contribution in [1.29, 1.82) is 0 Å². The monoisotopic (exact) mass is 400 g/mol. The molecule has 2 amide bonds. The Kier molecular flexibility index (Phi) is 5.15. The number of rotatable bonds is 3. The van der Waals surface area contributed by atoms with Crippen LogP contribution in [0.1, 0.15) is 26.3 Å². The molecule has 2 aromatic rings. The third-order valence-electron chi connectivity index (χ3n) is 4.78. The van der Waals surface area contributed by atoms with Crippen LogP contribution in [0.5, 0.6) is 5.75 Å². The molecule has 1 unspecified atom stereocenters. The molecule has 1 fully saturated rings. The SMILES string of the molecule is CC(=O)c1ccc(C(=O)N2CC(C(=O)N3CCOCC3)Oc3ccccc32)s1. The van der Waals surface area contributed by atoms with Crippen molar-refractivity contribution in [3.63, 3.8) is 0 Å². The molecule has 4 rings (SSSR count). The minimum Gasteiger partial charge on any atom is -0.476 e. The first-order chi connectivity index (χ1) is 13.5. The third kappa shape index (κ3) is 3.53. The summed E-state index contributed by atoms with van der Waals surface area (Å²) in [6.07, 6.45) is -0.774. The van der Waals surface area contributed by atoms with Gasteiger partial charge >= 0.3 is 0 Å². The van der Waals surface area contributed by atoms with Crippen LogP contribution in [0, 0.1) is 0 Å². The Bertz CT molecular complexity index is 919. The van der Waals surface area contributed by atoms with E-state index in [1.165, 1.54) is 6.92 Å². The maximum absolute atomic E-state index is 13.2. The van der Waals surface area contributed by atoms with E-state index < -0.39 is 6.10 Å². The number of hydrogen-bond donors (Lipinski definition) is 0. The number of fused-ring (bicyclic) bond motifs is 1. The maximum atomic E-state index is 13.2. The molecule has 2 aliphatic heterocycles. The summed E-state index contributed by atoms with van der Waals surface area (Å²) in [5, 5.41) is 0. The van der Waals surface area contributed by atoms with Crippen molar-refractivity contribution in [1.82, 2.24) is 4.90 Å². The molecule has 0 radical (unpaired) electrons. The fourth-order valence-electron chi connectivity index (χ4n) is 3.32. The molecule has 0 bridgehead atoms. The average molecular weight is 400 g/mol. The van der Waals surface area contributed by atoms with Gasteiger partial charge in [-0.2, -0.15) is 0 Å². The number of hydrogen-bond acceptors (Lipinski definition) is 6. The smallest absolute Gasteiger partial charge is 0.268 e. The predicted octanol–water partition coefficient (Wildman–Crippen LogP) is 2.22. The highest BCUT2D eigenvalue weighted by Gasteiger charge is 2.37. The summed E-state index contributed by atoms with van der Waals surface area (Å²) in [6.45, 7) is 3.63. The zero-order valence-corrected chi connectivity index (χ0v) is 16.2. The van der Waals surface area contributed by atoms with E-state index in [0.29, 0.717) is 47.5 Å². The molecule has 2 aliphatic rings. The van der Waals surface area contributed by atoms with Crippen LogP contribution in [0.2, 0.25) is 0 Å². The van der Waals surface area contributed by atoms with Gasteiger partial charge in [-0.15, -0.1) is 11.3 Å². The van der Waals surface area contributed by atoms with Crippen molar-refractivity contribution in [2.75, 3.05) is 37.7 Å². The molecular formula is C20H20N2O5S. The molecule has 7 nitrogen and oxygen atoms in total. The van der Waals surface area contributed by atoms with Crippen LogP contribution >= 0.6 is 11.3 Å². The summed E-state index contributed by atoms with van der Waals surface area (Å²) >= 11 is 1.16. The van der Waals surface area contributed by atoms with E-state index >= 15 is 0 Å². The Balaban J connectivity index is 1.62. The Morgan fingerprint density at radius 1 is 1.04 bits per heavy atom. The number of thiophene rings is 1. The molecule has 0 spiro atoms. The Labute approximate surface area is 166 Å². The fraction of sp³-hybridized carbons (Fsp3) is 0.350. The van der Waals surface area contributed by atoms with Gasteiger partial charge in [0.2, 0.25) is 0 Å². The van der Waals surface area contributed by atoms with Crippen LogP contribution in [0.25, 0.3) is 0 Å². The molecule has 1 atom stereocenters. The van der Waals surface area contributed by atoms with E-state index in [4.69, 9.17) is 9.47 Å². The lowest BCUT2D eigenvalue weighted by atomic mass is 10.1. The van der Waals surface area contributed by atoms with E-state index in [2.05, 4.69) is 0 Å². The number of carbonyl (C=O) groups excluding carboxylic acids is 3. The fourth-order valence-corrected chi connectivity index (χ4v) is 4.17. The van der Waals surface area contributed by atoms with Gasteiger partial charge in [0, 0.05) is 13.1 Å². The highest BCUT2D eigenvalue weighted by Crippen LogP contribution is 2.35. The number of morpholine rings is 1. The number of ether oxygens (including phenoxy) is 2. The van der Waals surface area contributed by atoms with Gasteiger partial charge in [-0.25, -0.2) is 0 Å². The standard InChI is InChI=1S/C20H20N2O5S/c1-13(23)17-6-7-18(28-17)20(25)22-12-16(19(24)21-8-10-26-11-9-21)27-15-5-3-2-4-14(15)22/h2-7,16H,8-12H2,1H3. The Morgan fingerprint density at radius 3 is 2.46 bits per heavy atom. The summed E-state index contributed by atoms with van der Waals surface area (Å²) in [5.74, 6) is 0.0306. The predicted molar refractivity (Wildman–Crippen MR) is 104 cm³/mol. The Hall–Kier alpha value is -2.71. The van der Waals surface area contributed by atoms with Crippen molar-refractivity contribution >= 4 is 34.6 Å². The van der Waals surface area contributed by atoms with Crippen LogP contribution < -0.4 is 9.64 Å². The number of nitrogens with zero attached hydrogens (tertiary/aromatic N) is 2. The van der Waals surface area contributed by atoms with E-state index in [9.17, 15) is 14.4 Å². The van der Waals surface area contributed by atoms with Crippen LogP contribution in [0.15, 0.2) is 36.4 Å². The first-order valence-corrected chi connectivity index (χ1v) is 9.91. The second-order valence-electron chi connectivity index (χ2n) is 6.65. The van der Waals surface area contributed by atoms with Crippen LogP contribution in [-0.2, 0) is 9.53 Å². The molecule has 0 N–H and O–H groups in total. The van der Waals surface area contributed by atoms with Crippen LogP contribution in [0.4, 0.5) is 5.69 Å². The molecule has 146 valence electrons. The number of carbonyl (C=O) groups is 3. The van der Waals surface area contributed by atoms with Gasteiger partial charge in [0.1, 0.15) is 5.75 Å². The van der Waals surface area contributed by atoms with Crippen LogP contribution in [0.3, 0.4) is 0 Å². The lowest BCUT2D eigenvalue weighted by Gasteiger charge is -2.37. The van der Waals surface area contributed by atoms with E-state index in [1.807, 2.05) is 12.1 Å². The van der Waals surface area contributed by atoms with Crippen molar-refractivity contribution in [3.05, 3.63) is 46.2 Å². The highest BCUT2D eigenvalue weighted by molar-refractivity contribution is 7.16. The van der Waals surface area contributed by atoms with Gasteiger partial charge in [-0.3, -0.25) is 19.3 Å². The zero-order valence-electron chi connectivity index (χ0n) is 15.4. The second kappa shape index (κ2) is 7.73. The second-order valence-corrected chi connectivity index (χ2v) is 7.73. The van der Waals surface area contributed by atoms with Crippen LogP contribution in [-0.4, -0.2) is 61.4 Å². The van der Waals surface area contributed by atoms with E-state index in [1.54, 1.807) is 34.1 Å². The average Bonchev–Trinajstić information content (AvgIpc) is 3.23. The number of para-hydroxylation sites is 2. The largest absolute Gasteiger partial charge is 0.476 e. The normalized spacial score (nSPS) is 19.0. The molecule has 0 saturated carbocycles. The molecule has 1 aromatic carbocycles. The summed E-state index contributed by atoms with van der Waals surface area (Å²) in [5.41, 5.74) is 0.622. The minimum atomic E-state index is -0.774. The third-order valence-corrected chi connectivity index (χ3v) is 5.95. The van der Waals surface area contributed by atoms with Gasteiger partial charge < -0.3 is 14.4 Å². The maximum Gasteiger partial charge on any atom is 0.268 e. The number of Topliss-reactive ketones (excluding diaryl/α,β-unsaturated/α-hetero) is 1. The van der Waals surface area contributed by atoms with Crippen molar-refractivity contribution in [2.24, 2.45) is 0 Å². The van der Waals surface area contributed by atoms with Crippen molar-refractivity contribution in [2.45, 2.75) is 13.0 Å². The number of benzene rings is 1. The molecule has 1 saturated heterocycles. The van der Waals surface area contributed by atoms with Crippen molar-refractivity contribution < 1.29 is 23.9 Å². The van der Waals surface area contributed by atoms with Gasteiger partial charge in [-0.05, 0) is 31.2 Å². The van der Waals surface area contributed by atoms with Gasteiger partial charge in [-0.1, -0.05) is 12.1 Å². The lowest BCUT2D eigenvalue weighted by Crippen LogP contribution is -2.54. The molecule has 0 aliphatic carbocycles. The van der Waals surface area contributed by atoms with E-state index in [0.717, 1.165) is 11.3 Å². The van der Waals surface area contributed by atoms with Gasteiger partial charge in [0.25, 0.3) is 11.8 Å². The first kappa shape index (κ1) is 18.6. The topological polar surface area (TPSA) is 76.2 Å². The Morgan fingerprint density at radius 2 is 1.75 bits per heavy atom. The van der Waals surface area contributed by atoms with Gasteiger partial charge in [0.05, 0.1) is 35.2 Å². The first-order valence-electron chi connectivity index (χ1n) is 9.09. The minimum absolute atomic E-state index is 0.0770. The molecule has 8 heteroatoms. The molecule has 3 heterocycles. The molecule has 28 heavy (non-hydrogen) atoms. The number of amides is 2. The van der Waals surface area contributed by atoms with E-state index in [-0.39, 0.29) is 24.1 Å². The molecule has 1 aromatic heterocycles. The zero-order chi connectivity index (χ0) is 19.7. The number of anilines is 1. The summed E-state index contributed by atoms with van der Waals surface area (Å²) in [6, 6.07) is 10.5. The van der Waals surface area contributed by atoms with Crippen molar-refractivity contribution in [3.8, 4) is 5.75 Å². The molecular weight excluding hydrogens is 380 g/mol. The lowest BCUT2D eigenvalue weighted by molar-refractivity contribution is -0.142. The number of ketones is 1.